The predicted octanol–water partition coefficient (Wildman–Crippen LogP) is 1.22. The van der Waals surface area contributed by atoms with Gasteiger partial charge in [-0.15, -0.1) is 0 Å². The van der Waals surface area contributed by atoms with Crippen molar-refractivity contribution in [1.82, 2.24) is 0 Å². The van der Waals surface area contributed by atoms with E-state index in [4.69, 9.17) is 0 Å². The first kappa shape index (κ1) is 9.98. The minimum atomic E-state index is -1.54. The fourth-order valence-electron chi connectivity index (χ4n) is 0.492. The molecule has 0 N–H and O–H groups in total. The van der Waals surface area contributed by atoms with Gasteiger partial charge in [0.05, 0.1) is 0 Å². The smallest absolute Gasteiger partial charge is 0.193 e. The molecular weight excluding hydrogens is 164 g/mol. The van der Waals surface area contributed by atoms with Crippen LogP contribution in [0.3, 0.4) is 0 Å². The first-order valence-electron chi connectivity index (χ1n) is 2.89. The summed E-state index contributed by atoms with van der Waals surface area (Å²) in [5.41, 5.74) is 0. The molecule has 0 aromatic carbocycles. The third-order valence-corrected chi connectivity index (χ3v) is 2.11. The van der Waals surface area contributed by atoms with Crippen LogP contribution in [0.1, 0.15) is 0 Å². The summed E-state index contributed by atoms with van der Waals surface area (Å²) in [7, 11) is -1.54. The highest BCUT2D eigenvalue weighted by Gasteiger charge is 2.08. The highest BCUT2D eigenvalue weighted by molar-refractivity contribution is 8.45. The van der Waals surface area contributed by atoms with Gasteiger partial charge in [0.25, 0.3) is 0 Å². The lowest BCUT2D eigenvalue weighted by Gasteiger charge is -2.30. The molecule has 0 amide bonds. The van der Waals surface area contributed by atoms with Crippen LogP contribution in [0.5, 0.6) is 0 Å². The molecule has 10 heavy (non-hydrogen) atoms. The number of ketones is 1. The molecule has 0 aromatic heterocycles. The average molecular weight is 178 g/mol. The summed E-state index contributed by atoms with van der Waals surface area (Å²) in [5, 5.41) is 2.93. The van der Waals surface area contributed by atoms with Gasteiger partial charge in [0.1, 0.15) is 0 Å². The second-order valence-electron chi connectivity index (χ2n) is 4.03. The van der Waals surface area contributed by atoms with Crippen molar-refractivity contribution in [1.29, 1.82) is 0 Å². The van der Waals surface area contributed by atoms with E-state index < -0.39 is 8.75 Å². The minimum absolute atomic E-state index is 0.0352. The van der Waals surface area contributed by atoms with Gasteiger partial charge in [0.2, 0.25) is 0 Å². The molecule has 0 heterocycles. The molecule has 3 heteroatoms. The molecular formula is C7H14OS2. The third kappa shape index (κ3) is 6.11. The van der Waals surface area contributed by atoms with Crippen LogP contribution in [-0.2, 0) is 4.79 Å². The summed E-state index contributed by atoms with van der Waals surface area (Å²) < 4.78 is 0. The van der Waals surface area contributed by atoms with Crippen LogP contribution in [0.4, 0.5) is 0 Å². The summed E-state index contributed by atoms with van der Waals surface area (Å²) in [5.74, 6) is -0.0352. The van der Waals surface area contributed by atoms with Crippen molar-refractivity contribution in [2.45, 2.75) is 0 Å². The Morgan fingerprint density at radius 2 is 1.70 bits per heavy atom. The Hall–Kier alpha value is -0.0200. The van der Waals surface area contributed by atoms with Crippen molar-refractivity contribution in [2.24, 2.45) is 0 Å². The summed E-state index contributed by atoms with van der Waals surface area (Å²) in [6.07, 6.45) is 8.36. The van der Waals surface area contributed by atoms with E-state index in [9.17, 15) is 4.79 Å². The van der Waals surface area contributed by atoms with E-state index in [0.29, 0.717) is 0 Å². The second-order valence-corrected chi connectivity index (χ2v) is 11.3. The predicted molar refractivity (Wildman–Crippen MR) is 56.0 cm³/mol. The lowest BCUT2D eigenvalue weighted by molar-refractivity contribution is -0.106. The van der Waals surface area contributed by atoms with Crippen LogP contribution in [0.25, 0.3) is 0 Å². The highest BCUT2D eigenvalue weighted by atomic mass is 32.3. The molecule has 0 unspecified atom stereocenters. The summed E-state index contributed by atoms with van der Waals surface area (Å²) >= 11 is 4.50. The van der Waals surface area contributed by atoms with Gasteiger partial charge in [-0.1, -0.05) is 12.2 Å². The molecule has 0 atom stereocenters. The summed E-state index contributed by atoms with van der Waals surface area (Å²) in [6, 6.07) is 0. The molecule has 60 valence electrons. The van der Waals surface area contributed by atoms with Gasteiger partial charge >= 0.3 is 0 Å². The maximum atomic E-state index is 10.8. The maximum Gasteiger partial charge on any atom is 0.193 e. The lowest BCUT2D eigenvalue weighted by Crippen LogP contribution is -2.10. The van der Waals surface area contributed by atoms with Crippen molar-refractivity contribution in [3.05, 3.63) is 0 Å². The Balaban J connectivity index is 4.80. The molecule has 0 spiro atoms. The Bertz CT molecular complexity index is 208. The zero-order valence-electron chi connectivity index (χ0n) is 6.88. The molecule has 0 aliphatic heterocycles. The zero-order valence-corrected chi connectivity index (χ0v) is 8.51. The Morgan fingerprint density at radius 3 is 1.80 bits per heavy atom. The fraction of sp³-hybridized carbons (Fsp3) is 0.571. The van der Waals surface area contributed by atoms with Crippen molar-refractivity contribution in [2.75, 3.05) is 25.0 Å². The van der Waals surface area contributed by atoms with Gasteiger partial charge in [-0.05, 0) is 30.4 Å². The van der Waals surface area contributed by atoms with Crippen LogP contribution in [-0.4, -0.2) is 41.5 Å². The summed E-state index contributed by atoms with van der Waals surface area (Å²) in [6.45, 7) is 0. The molecule has 0 aromatic rings. The lowest BCUT2D eigenvalue weighted by atomic mass is 10.5. The quantitative estimate of drug-likeness (QED) is 0.591. The van der Waals surface area contributed by atoms with E-state index in [1.165, 1.54) is 5.37 Å². The van der Waals surface area contributed by atoms with E-state index in [2.05, 4.69) is 37.2 Å². The van der Waals surface area contributed by atoms with Crippen molar-refractivity contribution >= 4 is 37.5 Å². The van der Waals surface area contributed by atoms with Gasteiger partial charge in [-0.2, -0.15) is 0 Å². The Kier molecular flexibility index (Phi) is 2.54. The van der Waals surface area contributed by atoms with Crippen LogP contribution in [0, 0.1) is 0 Å². The van der Waals surface area contributed by atoms with E-state index in [0.717, 1.165) is 0 Å². The third-order valence-electron chi connectivity index (χ3n) is 0.704. The number of hydrogen-bond acceptors (Lipinski definition) is 2. The number of rotatable bonds is 2. The molecule has 0 bridgehead atoms. The molecule has 0 saturated heterocycles. The standard InChI is InChI=1S/C7H14OS2/c1-10(2,3,4)6-7(8)5-9/h5-6H,1-4H3. The van der Waals surface area contributed by atoms with Crippen LogP contribution >= 0.6 is 21.0 Å². The molecule has 0 aliphatic rings. The largest absolute Gasteiger partial charge is 0.289 e. The second kappa shape index (κ2) is 2.55. The number of carbonyl (C=O) groups is 1. The number of carbonyl (C=O) groups excluding carboxylic acids is 1. The van der Waals surface area contributed by atoms with Crippen LogP contribution in [0.2, 0.25) is 0 Å². The topological polar surface area (TPSA) is 17.1 Å². The highest BCUT2D eigenvalue weighted by Crippen LogP contribution is 2.41. The number of thiocarbonyl (C=S) groups is 1. The van der Waals surface area contributed by atoms with Crippen molar-refractivity contribution < 1.29 is 4.79 Å². The van der Waals surface area contributed by atoms with E-state index >= 15 is 0 Å². The van der Waals surface area contributed by atoms with E-state index in [1.54, 1.807) is 5.37 Å². The monoisotopic (exact) mass is 178 g/mol. The molecule has 0 rings (SSSR count). The molecule has 0 radical (unpaired) electrons. The minimum Gasteiger partial charge on any atom is -0.289 e. The van der Waals surface area contributed by atoms with Gasteiger partial charge in [0, 0.05) is 5.37 Å². The van der Waals surface area contributed by atoms with Gasteiger partial charge < -0.3 is 0 Å². The zero-order chi connectivity index (χ0) is 8.44. The Labute approximate surface area is 67.7 Å². The average Bonchev–Trinajstić information content (AvgIpc) is 1.59. The summed E-state index contributed by atoms with van der Waals surface area (Å²) in [4.78, 5) is 10.8. The van der Waals surface area contributed by atoms with Gasteiger partial charge in [0.15, 0.2) is 5.78 Å². The maximum absolute atomic E-state index is 10.8. The molecule has 1 nitrogen and oxygen atoms in total. The van der Waals surface area contributed by atoms with Gasteiger partial charge in [-0.25, -0.2) is 0 Å². The SMILES string of the molecule is CS(C)(C)(C)=CC(=O)C=S. The number of Topliss-reactive ketones (excluding diaryl/α,β-unsaturated/α-hetero) is 1. The van der Waals surface area contributed by atoms with Crippen LogP contribution < -0.4 is 0 Å². The van der Waals surface area contributed by atoms with Gasteiger partial charge in [-0.3, -0.25) is 13.5 Å². The Morgan fingerprint density at radius 1 is 1.30 bits per heavy atom. The molecule has 0 saturated carbocycles. The molecule has 0 aliphatic carbocycles. The first-order valence-corrected chi connectivity index (χ1v) is 7.09. The fourth-order valence-corrected chi connectivity index (χ4v) is 1.64. The van der Waals surface area contributed by atoms with Crippen molar-refractivity contribution in [3.8, 4) is 0 Å². The number of hydrogen-bond donors (Lipinski definition) is 0. The molecule has 0 fully saturated rings. The van der Waals surface area contributed by atoms with E-state index in [1.807, 2.05) is 0 Å². The normalized spacial score (nSPS) is 15.0. The van der Waals surface area contributed by atoms with Crippen LogP contribution in [0.15, 0.2) is 0 Å². The van der Waals surface area contributed by atoms with E-state index in [-0.39, 0.29) is 5.78 Å². The first-order chi connectivity index (χ1) is 4.21. The van der Waals surface area contributed by atoms with Crippen molar-refractivity contribution in [3.63, 3.8) is 0 Å².